The summed E-state index contributed by atoms with van der Waals surface area (Å²) >= 11 is 0. The first-order valence-electron chi connectivity index (χ1n) is 20.8. The summed E-state index contributed by atoms with van der Waals surface area (Å²) in [5, 5.41) is 20.8. The van der Waals surface area contributed by atoms with Crippen LogP contribution in [0.15, 0.2) is 48.6 Å². The molecule has 3 aliphatic heterocycles. The van der Waals surface area contributed by atoms with Crippen LogP contribution < -0.4 is 4.74 Å². The number of methoxy groups -OCH3 is 1. The van der Waals surface area contributed by atoms with E-state index in [2.05, 4.69) is 24.5 Å². The molecule has 4 rings (SSSR count). The zero-order valence-corrected chi connectivity index (χ0v) is 38.9. The highest BCUT2D eigenvalue weighted by Crippen LogP contribution is 2.33. The number of aryl methyl sites for hydroxylation is 1. The number of ether oxygens (including phenoxy) is 6. The quantitative estimate of drug-likeness (QED) is 0.0612. The fraction of sp³-hybridized carbons (Fsp3) is 0.600. The number of benzene rings is 1. The Morgan fingerprint density at radius 1 is 0.766 bits per heavy atom. The lowest BCUT2D eigenvalue weighted by atomic mass is 10.1. The number of hydrogen-bond donors (Lipinski definition) is 1. The molecule has 19 heteroatoms. The SMILES string of the molecule is C=C1C[C@@H](CO)N(C(=O)OC(C)(C)C)C1.C=C1C[C@@H](COC(C)=O)N(C(=O)OC(C)(C)C)C1.C=C1C[C@@H](COC(C)=O)N(C(=O)c2cc(C)c(OCCCC(=O)OC)cc2[N+](=O)[O-])C1. The number of aliphatic hydroxyl groups is 1. The average molecular weight is 903 g/mol. The molecular weight excluding hydrogens is 837 g/mol. The molecular formula is C45H66N4O15. The Balaban J connectivity index is 0.000000361. The lowest BCUT2D eigenvalue weighted by Gasteiger charge is -2.28. The van der Waals surface area contributed by atoms with Crippen molar-refractivity contribution in [3.05, 3.63) is 69.8 Å². The number of nitrogens with zero attached hydrogens (tertiary/aromatic N) is 4. The molecule has 1 aromatic rings. The van der Waals surface area contributed by atoms with E-state index in [0.29, 0.717) is 44.3 Å². The van der Waals surface area contributed by atoms with E-state index in [9.17, 15) is 38.9 Å². The second-order valence-corrected chi connectivity index (χ2v) is 17.7. The zero-order valence-electron chi connectivity index (χ0n) is 38.9. The molecule has 1 aromatic carbocycles. The van der Waals surface area contributed by atoms with Gasteiger partial charge in [-0.3, -0.25) is 39.1 Å². The van der Waals surface area contributed by atoms with Crippen LogP contribution in [0.4, 0.5) is 15.3 Å². The van der Waals surface area contributed by atoms with Gasteiger partial charge in [-0.1, -0.05) is 36.5 Å². The molecule has 3 fully saturated rings. The van der Waals surface area contributed by atoms with Crippen molar-refractivity contribution in [2.75, 3.05) is 53.2 Å². The number of carbonyl (C=O) groups excluding carboxylic acids is 6. The van der Waals surface area contributed by atoms with Crippen molar-refractivity contribution in [1.82, 2.24) is 14.7 Å². The van der Waals surface area contributed by atoms with Crippen LogP contribution in [0.1, 0.15) is 103 Å². The van der Waals surface area contributed by atoms with Gasteiger partial charge in [0, 0.05) is 39.9 Å². The van der Waals surface area contributed by atoms with Crippen molar-refractivity contribution in [2.45, 2.75) is 124 Å². The Kier molecular flexibility index (Phi) is 20.5. The first-order chi connectivity index (χ1) is 29.7. The highest BCUT2D eigenvalue weighted by atomic mass is 16.6. The predicted molar refractivity (Wildman–Crippen MR) is 234 cm³/mol. The summed E-state index contributed by atoms with van der Waals surface area (Å²) in [6.07, 6.45) is 1.54. The number of hydrogen-bond acceptors (Lipinski definition) is 15. The molecule has 64 heavy (non-hydrogen) atoms. The predicted octanol–water partition coefficient (Wildman–Crippen LogP) is 6.23. The molecule has 0 saturated carbocycles. The maximum absolute atomic E-state index is 13.2. The van der Waals surface area contributed by atoms with Gasteiger partial charge in [0.25, 0.3) is 11.6 Å². The zero-order chi connectivity index (χ0) is 48.7. The standard InChI is InChI=1S/C21H26N2O8.C13H21NO4.C11H19NO3/c1-13-8-16(12-31-15(3)24)22(11-13)21(26)17-9-14(2)19(10-18(17)23(27)28)30-7-5-6-20(25)29-4;1-9-6-11(8-17-10(2)15)14(7-9)12(16)18-13(3,4)5;1-8-5-9(7-13)12(6-8)10(14)15-11(2,3)4/h9-10,16H,1,5-8,11-12H2,2-4H3;11H,1,6-8H2,2-5H3;9,13H,1,5-7H2,2-4H3/t16-;11-;9-/m000/s1. The van der Waals surface area contributed by atoms with Crippen LogP contribution in [0.5, 0.6) is 5.75 Å². The molecule has 356 valence electrons. The maximum Gasteiger partial charge on any atom is 0.410 e. The van der Waals surface area contributed by atoms with E-state index in [1.54, 1.807) is 11.8 Å². The normalized spacial score (nSPS) is 18.3. The maximum atomic E-state index is 13.2. The second kappa shape index (κ2) is 24.2. The third-order valence-electron chi connectivity index (χ3n) is 9.49. The van der Waals surface area contributed by atoms with Crippen molar-refractivity contribution in [1.29, 1.82) is 0 Å². The van der Waals surface area contributed by atoms with Gasteiger partial charge >= 0.3 is 30.1 Å². The van der Waals surface area contributed by atoms with Crippen LogP contribution >= 0.6 is 0 Å². The van der Waals surface area contributed by atoms with Crippen molar-refractivity contribution < 1.29 is 67.2 Å². The van der Waals surface area contributed by atoms with Gasteiger partial charge in [0.1, 0.15) is 35.7 Å². The molecule has 19 nitrogen and oxygen atoms in total. The van der Waals surface area contributed by atoms with Crippen LogP contribution in [0.3, 0.4) is 0 Å². The summed E-state index contributed by atoms with van der Waals surface area (Å²) < 4.78 is 30.7. The number of esters is 3. The number of nitro benzene ring substituents is 1. The Morgan fingerprint density at radius 2 is 1.20 bits per heavy atom. The third-order valence-corrected chi connectivity index (χ3v) is 9.49. The van der Waals surface area contributed by atoms with E-state index >= 15 is 0 Å². The Labute approximate surface area is 375 Å². The molecule has 0 spiro atoms. The summed E-state index contributed by atoms with van der Waals surface area (Å²) in [6, 6.07) is 1.86. The largest absolute Gasteiger partial charge is 0.493 e. The topological polar surface area (TPSA) is 231 Å². The number of aliphatic hydroxyl groups excluding tert-OH is 1. The molecule has 3 atom stereocenters. The van der Waals surface area contributed by atoms with Crippen LogP contribution in [0, 0.1) is 17.0 Å². The fourth-order valence-electron chi connectivity index (χ4n) is 6.64. The van der Waals surface area contributed by atoms with Gasteiger partial charge < -0.3 is 38.4 Å². The van der Waals surface area contributed by atoms with Gasteiger partial charge in [0.2, 0.25) is 0 Å². The van der Waals surface area contributed by atoms with Gasteiger partial charge in [-0.15, -0.1) is 0 Å². The number of amides is 3. The van der Waals surface area contributed by atoms with Crippen LogP contribution in [0.2, 0.25) is 0 Å². The highest BCUT2D eigenvalue weighted by molar-refractivity contribution is 5.99. The molecule has 3 aliphatic rings. The molecule has 3 amide bonds. The van der Waals surface area contributed by atoms with Gasteiger partial charge in [0.15, 0.2) is 0 Å². The smallest absolute Gasteiger partial charge is 0.410 e. The molecule has 3 saturated heterocycles. The van der Waals surface area contributed by atoms with Gasteiger partial charge in [-0.05, 0) is 85.8 Å². The molecule has 0 radical (unpaired) electrons. The monoisotopic (exact) mass is 902 g/mol. The van der Waals surface area contributed by atoms with E-state index in [-0.39, 0.29) is 86.5 Å². The van der Waals surface area contributed by atoms with Crippen molar-refractivity contribution in [3.8, 4) is 5.75 Å². The van der Waals surface area contributed by atoms with E-state index in [0.717, 1.165) is 16.7 Å². The van der Waals surface area contributed by atoms with Crippen LogP contribution in [-0.4, -0.2) is 143 Å². The minimum Gasteiger partial charge on any atom is -0.493 e. The van der Waals surface area contributed by atoms with Crippen molar-refractivity contribution in [2.24, 2.45) is 0 Å². The van der Waals surface area contributed by atoms with E-state index < -0.39 is 40.1 Å². The minimum atomic E-state index is -0.639. The summed E-state index contributed by atoms with van der Waals surface area (Å²) in [6.45, 7) is 28.3. The van der Waals surface area contributed by atoms with Gasteiger partial charge in [-0.25, -0.2) is 9.59 Å². The Hall–Kier alpha value is -5.98. The lowest BCUT2D eigenvalue weighted by Crippen LogP contribution is -2.42. The Bertz CT molecular complexity index is 1920. The first kappa shape index (κ1) is 54.2. The van der Waals surface area contributed by atoms with Crippen molar-refractivity contribution >= 4 is 41.7 Å². The van der Waals surface area contributed by atoms with Crippen molar-refractivity contribution in [3.63, 3.8) is 0 Å². The lowest BCUT2D eigenvalue weighted by molar-refractivity contribution is -0.385. The summed E-state index contributed by atoms with van der Waals surface area (Å²) in [4.78, 5) is 85.5. The fourth-order valence-corrected chi connectivity index (χ4v) is 6.64. The molecule has 3 heterocycles. The van der Waals surface area contributed by atoms with Gasteiger partial charge in [0.05, 0.1) is 49.4 Å². The third kappa shape index (κ3) is 18.0. The molecule has 0 aliphatic carbocycles. The summed E-state index contributed by atoms with van der Waals surface area (Å²) in [7, 11) is 1.29. The van der Waals surface area contributed by atoms with Crippen LogP contribution in [0.25, 0.3) is 0 Å². The van der Waals surface area contributed by atoms with Gasteiger partial charge in [-0.2, -0.15) is 0 Å². The number of carbonyl (C=O) groups is 6. The number of rotatable bonds is 12. The number of nitro groups is 1. The molecule has 0 unspecified atom stereocenters. The molecule has 0 bridgehead atoms. The second-order valence-electron chi connectivity index (χ2n) is 17.7. The minimum absolute atomic E-state index is 0.00569. The average Bonchev–Trinajstić information content (AvgIpc) is 3.88. The Morgan fingerprint density at radius 3 is 1.62 bits per heavy atom. The highest BCUT2D eigenvalue weighted by Gasteiger charge is 2.37. The van der Waals surface area contributed by atoms with E-state index in [1.807, 2.05) is 41.5 Å². The first-order valence-corrected chi connectivity index (χ1v) is 20.8. The number of likely N-dealkylation sites (tertiary alicyclic amines) is 3. The van der Waals surface area contributed by atoms with E-state index in [1.165, 1.54) is 42.9 Å². The van der Waals surface area contributed by atoms with Crippen LogP contribution in [-0.2, 0) is 38.1 Å². The molecule has 1 N–H and O–H groups in total. The summed E-state index contributed by atoms with van der Waals surface area (Å²) in [5.41, 5.74) is 1.72. The molecule has 0 aromatic heterocycles. The summed E-state index contributed by atoms with van der Waals surface area (Å²) in [5.74, 6) is -1.47. The van der Waals surface area contributed by atoms with E-state index in [4.69, 9.17) is 28.8 Å².